The van der Waals surface area contributed by atoms with Gasteiger partial charge in [0.05, 0.1) is 0 Å². The van der Waals surface area contributed by atoms with Crippen LogP contribution in [0.15, 0.2) is 406 Å². The third kappa shape index (κ3) is 9.95. The summed E-state index contributed by atoms with van der Waals surface area (Å²) in [6, 6.07) is 140. The number of hydrogen-bond donors (Lipinski definition) is 0. The Morgan fingerprint density at radius 1 is 0.125 bits per heavy atom. The number of benzene rings is 20. The van der Waals surface area contributed by atoms with Gasteiger partial charge in [-0.1, -0.05) is 315 Å². The summed E-state index contributed by atoms with van der Waals surface area (Å²) in [7, 11) is 0. The van der Waals surface area contributed by atoms with Crippen molar-refractivity contribution in [3.63, 3.8) is 0 Å². The Morgan fingerprint density at radius 3 is 0.839 bits per heavy atom. The van der Waals surface area contributed by atoms with Gasteiger partial charge in [-0.2, -0.15) is 0 Å². The van der Waals surface area contributed by atoms with Gasteiger partial charge in [0.15, 0.2) is 0 Å². The lowest BCUT2D eigenvalue weighted by Gasteiger charge is -2.21. The molecule has 520 valence electrons. The molecule has 0 aliphatic carbocycles. The van der Waals surface area contributed by atoms with E-state index in [1.165, 1.54) is 131 Å². The van der Waals surface area contributed by atoms with Crippen LogP contribution in [0.5, 0.6) is 0 Å². The highest BCUT2D eigenvalue weighted by molar-refractivity contribution is 6.27. The van der Waals surface area contributed by atoms with Crippen molar-refractivity contribution in [3.05, 3.63) is 388 Å². The number of furan rings is 4. The topological polar surface area (TPSA) is 52.6 Å². The highest BCUT2D eigenvalue weighted by Crippen LogP contribution is 2.53. The second kappa shape index (κ2) is 25.4. The van der Waals surface area contributed by atoms with Crippen LogP contribution in [0.3, 0.4) is 0 Å². The summed E-state index contributed by atoms with van der Waals surface area (Å²) in [5.41, 5.74) is 26.3. The number of hydrogen-bond acceptors (Lipinski definition) is 4. The van der Waals surface area contributed by atoms with E-state index in [1.807, 2.05) is 36.4 Å². The second-order valence-electron chi connectivity index (χ2n) is 29.4. The van der Waals surface area contributed by atoms with E-state index in [2.05, 4.69) is 352 Å². The van der Waals surface area contributed by atoms with Crippen LogP contribution in [-0.2, 0) is 0 Å². The fourth-order valence-electron chi connectivity index (χ4n) is 18.5. The lowest BCUT2D eigenvalue weighted by Crippen LogP contribution is -1.94. The Kier molecular flexibility index (Phi) is 14.3. The summed E-state index contributed by atoms with van der Waals surface area (Å²) >= 11 is 0. The average Bonchev–Trinajstić information content (AvgIpc) is 1.03. The summed E-state index contributed by atoms with van der Waals surface area (Å²) in [6.45, 7) is 0. The third-order valence-corrected chi connectivity index (χ3v) is 23.4. The molecule has 0 fully saturated rings. The summed E-state index contributed by atoms with van der Waals surface area (Å²) in [4.78, 5) is 0. The minimum absolute atomic E-state index is 0.891. The average molecular weight is 1430 g/mol. The van der Waals surface area contributed by atoms with Crippen LogP contribution in [0, 0.1) is 0 Å². The van der Waals surface area contributed by atoms with Crippen molar-refractivity contribution in [3.8, 4) is 89.0 Å². The van der Waals surface area contributed by atoms with Crippen molar-refractivity contribution in [1.29, 1.82) is 0 Å². The van der Waals surface area contributed by atoms with Crippen molar-refractivity contribution in [1.82, 2.24) is 0 Å². The molecule has 24 aromatic rings. The van der Waals surface area contributed by atoms with Crippen LogP contribution in [0.25, 0.3) is 241 Å². The minimum Gasteiger partial charge on any atom is -0.456 e. The Morgan fingerprint density at radius 2 is 0.420 bits per heavy atom. The maximum absolute atomic E-state index is 6.43. The van der Waals surface area contributed by atoms with Crippen LogP contribution in [-0.4, -0.2) is 0 Å². The smallest absolute Gasteiger partial charge is 0.136 e. The van der Waals surface area contributed by atoms with Crippen LogP contribution < -0.4 is 0 Å². The predicted octanol–water partition coefficient (Wildman–Crippen LogP) is 31.2. The quantitative estimate of drug-likeness (QED) is 0.142. The molecule has 4 nitrogen and oxygen atoms in total. The lowest BCUT2D eigenvalue weighted by atomic mass is 9.82. The van der Waals surface area contributed by atoms with E-state index in [-0.39, 0.29) is 0 Å². The molecule has 0 atom stereocenters. The van der Waals surface area contributed by atoms with E-state index in [0.29, 0.717) is 0 Å². The van der Waals surface area contributed by atoms with Crippen molar-refractivity contribution >= 4 is 152 Å². The molecule has 0 aliphatic heterocycles. The standard InChI is InChI=1S/2C54H32O2/c1-2-15-34(16-3-1)51-35-17-5-4-14-33(35)30-31-44(51)52-40-22-10-20-36(38-24-12-28-49-53(38)42-18-6-8-26-47(42)55-49)45(40)32-46-37(21-11-23-41(46)52)39-25-13-29-50-54(39)43-19-7-9-27-48(43)56-50;1-2-13-34(14-3-1)53-39-15-5-4-12-33(39)24-27-44(53)54-42-20-10-18-37(35-25-28-51-47(30-35)40-16-6-8-22-49(40)55-51)45(42)32-46-38(19-11-21-43(46)54)36-26-29-52-48(31-36)41-17-7-9-23-50(41)56-52/h2*1-32H. The zero-order chi connectivity index (χ0) is 73.5. The molecule has 4 heteroatoms. The summed E-state index contributed by atoms with van der Waals surface area (Å²) in [5.74, 6) is 0. The van der Waals surface area contributed by atoms with Crippen molar-refractivity contribution < 1.29 is 17.7 Å². The molecule has 0 spiro atoms. The van der Waals surface area contributed by atoms with Gasteiger partial charge in [-0.15, -0.1) is 0 Å². The van der Waals surface area contributed by atoms with E-state index in [9.17, 15) is 0 Å². The van der Waals surface area contributed by atoms with E-state index in [0.717, 1.165) is 110 Å². The molecule has 0 unspecified atom stereocenters. The van der Waals surface area contributed by atoms with Gasteiger partial charge in [-0.05, 0) is 226 Å². The number of para-hydroxylation sites is 4. The molecule has 4 heterocycles. The summed E-state index contributed by atoms with van der Waals surface area (Å²) in [5, 5.41) is 23.6. The molecule has 4 aromatic heterocycles. The maximum atomic E-state index is 6.43. The Bertz CT molecular complexity index is 7660. The highest BCUT2D eigenvalue weighted by atomic mass is 16.3. The van der Waals surface area contributed by atoms with Crippen LogP contribution in [0.1, 0.15) is 0 Å². The first kappa shape index (κ1) is 63.3. The van der Waals surface area contributed by atoms with Gasteiger partial charge in [0, 0.05) is 43.1 Å². The lowest BCUT2D eigenvalue weighted by molar-refractivity contribution is 0.668. The second-order valence-corrected chi connectivity index (χ2v) is 29.4. The molecule has 0 aliphatic rings. The minimum atomic E-state index is 0.891. The molecule has 0 amide bonds. The summed E-state index contributed by atoms with van der Waals surface area (Å²) < 4.78 is 25.4. The predicted molar refractivity (Wildman–Crippen MR) is 471 cm³/mol. The maximum Gasteiger partial charge on any atom is 0.136 e. The molecular formula is C108H64O4. The van der Waals surface area contributed by atoms with E-state index in [4.69, 9.17) is 17.7 Å². The largest absolute Gasteiger partial charge is 0.456 e. The zero-order valence-corrected chi connectivity index (χ0v) is 60.6. The molecular weight excluding hydrogens is 1360 g/mol. The van der Waals surface area contributed by atoms with Crippen LogP contribution in [0.2, 0.25) is 0 Å². The Labute approximate surface area is 643 Å². The first-order chi connectivity index (χ1) is 55.6. The van der Waals surface area contributed by atoms with Gasteiger partial charge in [0.25, 0.3) is 0 Å². The summed E-state index contributed by atoms with van der Waals surface area (Å²) in [6.07, 6.45) is 0. The molecule has 0 saturated heterocycles. The zero-order valence-electron chi connectivity index (χ0n) is 60.6. The number of fused-ring (bicyclic) bond motifs is 18. The van der Waals surface area contributed by atoms with Crippen LogP contribution >= 0.6 is 0 Å². The normalized spacial score (nSPS) is 11.9. The molecule has 0 radical (unpaired) electrons. The van der Waals surface area contributed by atoms with Crippen molar-refractivity contribution in [2.45, 2.75) is 0 Å². The molecule has 112 heavy (non-hydrogen) atoms. The van der Waals surface area contributed by atoms with E-state index < -0.39 is 0 Å². The molecule has 0 bridgehead atoms. The van der Waals surface area contributed by atoms with Gasteiger partial charge in [0.2, 0.25) is 0 Å². The molecule has 24 rings (SSSR count). The third-order valence-electron chi connectivity index (χ3n) is 23.4. The van der Waals surface area contributed by atoms with Crippen LogP contribution in [0.4, 0.5) is 0 Å². The molecule has 0 N–H and O–H groups in total. The Hall–Kier alpha value is -14.8. The van der Waals surface area contributed by atoms with Crippen molar-refractivity contribution in [2.24, 2.45) is 0 Å². The number of rotatable bonds is 8. The fourth-order valence-corrected chi connectivity index (χ4v) is 18.5. The first-order valence-electron chi connectivity index (χ1n) is 38.3. The molecule has 20 aromatic carbocycles. The van der Waals surface area contributed by atoms with Gasteiger partial charge >= 0.3 is 0 Å². The van der Waals surface area contributed by atoms with Gasteiger partial charge in [-0.25, -0.2) is 0 Å². The Balaban J connectivity index is 0.000000134. The van der Waals surface area contributed by atoms with Gasteiger partial charge in [-0.3, -0.25) is 0 Å². The first-order valence-corrected chi connectivity index (χ1v) is 38.3. The SMILES string of the molecule is c1ccc(-c2c(-c3c4cccc(-c5ccc6oc7ccccc7c6c5)c4cc4c(-c5ccc6oc7ccccc7c6c5)cccc34)ccc3ccccc23)cc1.c1ccc(-c2c(-c3c4cccc(-c5cccc6oc7ccccc7c56)c4cc4c(-c5cccc6oc7ccccc7c56)cccc34)ccc3ccccc23)cc1. The van der Waals surface area contributed by atoms with E-state index >= 15 is 0 Å². The fraction of sp³-hybridized carbons (Fsp3) is 0. The molecule has 0 saturated carbocycles. The van der Waals surface area contributed by atoms with Gasteiger partial charge < -0.3 is 17.7 Å². The highest BCUT2D eigenvalue weighted by Gasteiger charge is 2.26. The monoisotopic (exact) mass is 1420 g/mol. The van der Waals surface area contributed by atoms with Crippen molar-refractivity contribution in [2.75, 3.05) is 0 Å². The van der Waals surface area contributed by atoms with Gasteiger partial charge in [0.1, 0.15) is 44.7 Å². The van der Waals surface area contributed by atoms with E-state index in [1.54, 1.807) is 0 Å².